The van der Waals surface area contributed by atoms with Gasteiger partial charge in [-0.25, -0.2) is 4.79 Å². The molecule has 0 aliphatic heterocycles. The van der Waals surface area contributed by atoms with Crippen molar-refractivity contribution in [3.05, 3.63) is 58.7 Å². The van der Waals surface area contributed by atoms with Gasteiger partial charge in [0.15, 0.2) is 17.6 Å². The SMILES string of the molecule is CCOC(=O)/C=C/c1ccc(C(OC(C)=O)c2c(C)cc(OC)c(OC)c2OC(C)=O)cc1. The first-order chi connectivity index (χ1) is 15.7. The van der Waals surface area contributed by atoms with E-state index in [0.29, 0.717) is 29.0 Å². The number of carbonyl (C=O) groups excluding carboxylic acids is 3. The first-order valence-corrected chi connectivity index (χ1v) is 10.3. The molecule has 1 unspecified atom stereocenters. The number of esters is 3. The summed E-state index contributed by atoms with van der Waals surface area (Å²) in [5.41, 5.74) is 2.49. The highest BCUT2D eigenvalue weighted by Crippen LogP contribution is 2.47. The Morgan fingerprint density at radius 3 is 2.15 bits per heavy atom. The van der Waals surface area contributed by atoms with Gasteiger partial charge in [-0.2, -0.15) is 0 Å². The second-order valence-corrected chi connectivity index (χ2v) is 7.01. The standard InChI is InChI=1S/C25H28O8/c1-7-31-21(28)13-10-18-8-11-19(12-9-18)23(32-16(3)26)22-15(2)14-20(29-5)24(30-6)25(22)33-17(4)27/h8-14,23H,7H2,1-6H3/b13-10+. The summed E-state index contributed by atoms with van der Waals surface area (Å²) in [6.45, 7) is 6.38. The Kier molecular flexibility index (Phi) is 9.03. The number of aryl methyl sites for hydroxylation is 1. The summed E-state index contributed by atoms with van der Waals surface area (Å²) in [5.74, 6) is -0.835. The van der Waals surface area contributed by atoms with E-state index in [4.69, 9.17) is 23.7 Å². The lowest BCUT2D eigenvalue weighted by Crippen LogP contribution is -2.15. The van der Waals surface area contributed by atoms with E-state index in [1.807, 2.05) is 0 Å². The quantitative estimate of drug-likeness (QED) is 0.315. The lowest BCUT2D eigenvalue weighted by Gasteiger charge is -2.25. The summed E-state index contributed by atoms with van der Waals surface area (Å²) in [6, 6.07) is 8.76. The third kappa shape index (κ3) is 6.58. The molecule has 0 aromatic heterocycles. The molecule has 2 aromatic rings. The van der Waals surface area contributed by atoms with Crippen molar-refractivity contribution in [2.75, 3.05) is 20.8 Å². The van der Waals surface area contributed by atoms with Crippen LogP contribution in [-0.4, -0.2) is 38.7 Å². The van der Waals surface area contributed by atoms with Crippen LogP contribution in [0.4, 0.5) is 0 Å². The number of methoxy groups -OCH3 is 2. The Balaban J connectivity index is 2.60. The van der Waals surface area contributed by atoms with Gasteiger partial charge in [0.05, 0.1) is 20.8 Å². The first-order valence-electron chi connectivity index (χ1n) is 10.3. The number of rotatable bonds is 9. The molecule has 8 nitrogen and oxygen atoms in total. The summed E-state index contributed by atoms with van der Waals surface area (Å²) >= 11 is 0. The molecule has 8 heteroatoms. The van der Waals surface area contributed by atoms with E-state index in [-0.39, 0.29) is 11.5 Å². The number of hydrogen-bond donors (Lipinski definition) is 0. The molecule has 0 heterocycles. The van der Waals surface area contributed by atoms with E-state index in [1.54, 1.807) is 50.3 Å². The number of hydrogen-bond acceptors (Lipinski definition) is 8. The van der Waals surface area contributed by atoms with Crippen LogP contribution >= 0.6 is 0 Å². The zero-order valence-electron chi connectivity index (χ0n) is 19.6. The van der Waals surface area contributed by atoms with E-state index in [0.717, 1.165) is 5.56 Å². The molecule has 0 spiro atoms. The maximum Gasteiger partial charge on any atom is 0.330 e. The largest absolute Gasteiger partial charge is 0.493 e. The second kappa shape index (κ2) is 11.7. The summed E-state index contributed by atoms with van der Waals surface area (Å²) < 4.78 is 26.8. The highest BCUT2D eigenvalue weighted by molar-refractivity contribution is 5.87. The minimum atomic E-state index is -0.889. The van der Waals surface area contributed by atoms with E-state index >= 15 is 0 Å². The van der Waals surface area contributed by atoms with Crippen molar-refractivity contribution in [1.29, 1.82) is 0 Å². The lowest BCUT2D eigenvalue weighted by atomic mass is 9.94. The van der Waals surface area contributed by atoms with Crippen LogP contribution in [0.2, 0.25) is 0 Å². The molecular weight excluding hydrogens is 428 g/mol. The Labute approximate surface area is 193 Å². The van der Waals surface area contributed by atoms with Crippen molar-refractivity contribution in [1.82, 2.24) is 0 Å². The van der Waals surface area contributed by atoms with Gasteiger partial charge in [0, 0.05) is 25.5 Å². The lowest BCUT2D eigenvalue weighted by molar-refractivity contribution is -0.144. The van der Waals surface area contributed by atoms with Gasteiger partial charge in [-0.05, 0) is 42.7 Å². The Morgan fingerprint density at radius 1 is 0.970 bits per heavy atom. The number of benzene rings is 2. The van der Waals surface area contributed by atoms with Gasteiger partial charge >= 0.3 is 17.9 Å². The fourth-order valence-electron chi connectivity index (χ4n) is 3.27. The topological polar surface area (TPSA) is 97.4 Å². The van der Waals surface area contributed by atoms with Gasteiger partial charge in [-0.3, -0.25) is 9.59 Å². The van der Waals surface area contributed by atoms with Crippen LogP contribution in [-0.2, 0) is 23.9 Å². The smallest absolute Gasteiger partial charge is 0.330 e. The van der Waals surface area contributed by atoms with Crippen LogP contribution < -0.4 is 14.2 Å². The molecule has 176 valence electrons. The summed E-state index contributed by atoms with van der Waals surface area (Å²) in [5, 5.41) is 0. The first kappa shape index (κ1) is 25.5. The van der Waals surface area contributed by atoms with Crippen LogP contribution in [0, 0.1) is 6.92 Å². The van der Waals surface area contributed by atoms with E-state index in [1.165, 1.54) is 34.1 Å². The Morgan fingerprint density at radius 2 is 1.64 bits per heavy atom. The van der Waals surface area contributed by atoms with Gasteiger partial charge in [0.2, 0.25) is 5.75 Å². The fraction of sp³-hybridized carbons (Fsp3) is 0.320. The third-order valence-electron chi connectivity index (χ3n) is 4.60. The van der Waals surface area contributed by atoms with Crippen molar-refractivity contribution in [3.63, 3.8) is 0 Å². The van der Waals surface area contributed by atoms with Crippen LogP contribution in [0.25, 0.3) is 6.08 Å². The predicted octanol–water partition coefficient (Wildman–Crippen LogP) is 4.17. The molecule has 2 aromatic carbocycles. The molecule has 0 saturated heterocycles. The van der Waals surface area contributed by atoms with Crippen molar-refractivity contribution >= 4 is 24.0 Å². The van der Waals surface area contributed by atoms with E-state index in [9.17, 15) is 14.4 Å². The molecule has 0 amide bonds. The molecule has 0 radical (unpaired) electrons. The van der Waals surface area contributed by atoms with E-state index < -0.39 is 24.0 Å². The highest BCUT2D eigenvalue weighted by Gasteiger charge is 2.29. The average molecular weight is 456 g/mol. The zero-order chi connectivity index (χ0) is 24.5. The predicted molar refractivity (Wildman–Crippen MR) is 121 cm³/mol. The normalized spacial score (nSPS) is 11.6. The van der Waals surface area contributed by atoms with Crippen molar-refractivity contribution < 1.29 is 38.1 Å². The van der Waals surface area contributed by atoms with Gasteiger partial charge in [-0.15, -0.1) is 0 Å². The molecule has 33 heavy (non-hydrogen) atoms. The molecular formula is C25H28O8. The molecule has 0 bridgehead atoms. The van der Waals surface area contributed by atoms with Crippen molar-refractivity contribution in [2.45, 2.75) is 33.8 Å². The van der Waals surface area contributed by atoms with Crippen molar-refractivity contribution in [2.24, 2.45) is 0 Å². The summed E-state index contributed by atoms with van der Waals surface area (Å²) in [7, 11) is 2.90. The molecule has 2 rings (SSSR count). The van der Waals surface area contributed by atoms with Crippen molar-refractivity contribution in [3.8, 4) is 17.2 Å². The molecule has 0 aliphatic rings. The van der Waals surface area contributed by atoms with Crippen LogP contribution in [0.5, 0.6) is 17.2 Å². The van der Waals surface area contributed by atoms with Crippen LogP contribution in [0.1, 0.15) is 49.1 Å². The maximum atomic E-state index is 12.0. The maximum absolute atomic E-state index is 12.0. The molecule has 0 aliphatic carbocycles. The number of carbonyl (C=O) groups is 3. The highest BCUT2D eigenvalue weighted by atomic mass is 16.6. The molecule has 0 fully saturated rings. The summed E-state index contributed by atoms with van der Waals surface area (Å²) in [4.78, 5) is 35.4. The Hall–Kier alpha value is -3.81. The van der Waals surface area contributed by atoms with Crippen LogP contribution in [0.3, 0.4) is 0 Å². The molecule has 1 atom stereocenters. The van der Waals surface area contributed by atoms with Gasteiger partial charge in [0.1, 0.15) is 0 Å². The fourth-order valence-corrected chi connectivity index (χ4v) is 3.27. The zero-order valence-corrected chi connectivity index (χ0v) is 19.6. The molecule has 0 N–H and O–H groups in total. The Bertz CT molecular complexity index is 1040. The monoisotopic (exact) mass is 456 g/mol. The van der Waals surface area contributed by atoms with Gasteiger partial charge in [-0.1, -0.05) is 24.3 Å². The van der Waals surface area contributed by atoms with E-state index in [2.05, 4.69) is 0 Å². The van der Waals surface area contributed by atoms with Gasteiger partial charge < -0.3 is 23.7 Å². The second-order valence-electron chi connectivity index (χ2n) is 7.01. The minimum Gasteiger partial charge on any atom is -0.493 e. The average Bonchev–Trinajstić information content (AvgIpc) is 2.76. The number of ether oxygens (including phenoxy) is 5. The third-order valence-corrected chi connectivity index (χ3v) is 4.60. The minimum absolute atomic E-state index is 0.111. The van der Waals surface area contributed by atoms with Crippen LogP contribution in [0.15, 0.2) is 36.4 Å². The molecule has 0 saturated carbocycles. The summed E-state index contributed by atoms with van der Waals surface area (Å²) in [6.07, 6.45) is 2.06. The van der Waals surface area contributed by atoms with Gasteiger partial charge in [0.25, 0.3) is 0 Å².